The number of primary sulfonamides is 1. The van der Waals surface area contributed by atoms with Crippen LogP contribution in [0.1, 0.15) is 35.3 Å². The van der Waals surface area contributed by atoms with Crippen molar-refractivity contribution < 1.29 is 13.2 Å². The number of amides is 1. The number of nitrogens with two attached hydrogens (primary N) is 1. The van der Waals surface area contributed by atoms with E-state index in [0.717, 1.165) is 12.0 Å². The molecule has 0 radical (unpaired) electrons. The normalized spacial score (nSPS) is 21.0. The number of benzene rings is 1. The van der Waals surface area contributed by atoms with Crippen molar-refractivity contribution in [2.75, 3.05) is 6.54 Å². The first kappa shape index (κ1) is 16.6. The van der Waals surface area contributed by atoms with Crippen LogP contribution in [-0.2, 0) is 10.0 Å². The quantitative estimate of drug-likeness (QED) is 0.920. The molecule has 1 aromatic carbocycles. The minimum Gasteiger partial charge on any atom is -0.331 e. The maximum atomic E-state index is 12.8. The smallest absolute Gasteiger partial charge is 0.255 e. The predicted molar refractivity (Wildman–Crippen MR) is 89.6 cm³/mol. The van der Waals surface area contributed by atoms with E-state index in [1.54, 1.807) is 0 Å². The molecule has 2 unspecified atom stereocenters. The Kier molecular flexibility index (Phi) is 4.38. The summed E-state index contributed by atoms with van der Waals surface area (Å²) in [7, 11) is -3.86. The van der Waals surface area contributed by atoms with Crippen LogP contribution < -0.4 is 5.14 Å². The molecule has 2 atom stereocenters. The third-order valence-electron chi connectivity index (χ3n) is 4.23. The number of hydrogen-bond donors (Lipinski definition) is 1. The van der Waals surface area contributed by atoms with Gasteiger partial charge in [-0.05, 0) is 30.0 Å². The SMILES string of the molecule is CC1CC(c2ccccc2)N(C(=O)c2ccc(S(N)(=O)=O)nc2)C1. The van der Waals surface area contributed by atoms with Crippen molar-refractivity contribution in [2.45, 2.75) is 24.4 Å². The zero-order valence-corrected chi connectivity index (χ0v) is 14.1. The molecule has 0 aliphatic carbocycles. The van der Waals surface area contributed by atoms with Crippen molar-refractivity contribution >= 4 is 15.9 Å². The molecule has 1 aromatic heterocycles. The highest BCUT2D eigenvalue weighted by atomic mass is 32.2. The lowest BCUT2D eigenvalue weighted by atomic mass is 10.0. The topological polar surface area (TPSA) is 93.4 Å². The predicted octanol–water partition coefficient (Wildman–Crippen LogP) is 1.95. The van der Waals surface area contributed by atoms with Gasteiger partial charge in [0.15, 0.2) is 5.03 Å². The molecule has 1 fully saturated rings. The molecule has 24 heavy (non-hydrogen) atoms. The second kappa shape index (κ2) is 6.33. The fraction of sp³-hybridized carbons (Fsp3) is 0.294. The molecule has 7 heteroatoms. The van der Waals surface area contributed by atoms with Gasteiger partial charge in [-0.3, -0.25) is 4.79 Å². The van der Waals surface area contributed by atoms with Crippen LogP contribution in [-0.4, -0.2) is 30.8 Å². The van der Waals surface area contributed by atoms with Crippen molar-refractivity contribution in [3.8, 4) is 0 Å². The highest BCUT2D eigenvalue weighted by Gasteiger charge is 2.34. The standard InChI is InChI=1S/C17H19N3O3S/c1-12-9-15(13-5-3-2-4-6-13)20(11-12)17(21)14-7-8-16(19-10-14)24(18,22)23/h2-8,10,12,15H,9,11H2,1H3,(H2,18,22,23). The summed E-state index contributed by atoms with van der Waals surface area (Å²) in [4.78, 5) is 18.5. The summed E-state index contributed by atoms with van der Waals surface area (Å²) in [6.45, 7) is 2.78. The fourth-order valence-electron chi connectivity index (χ4n) is 3.10. The molecule has 1 amide bonds. The van der Waals surface area contributed by atoms with Crippen molar-refractivity contribution in [3.05, 3.63) is 59.8 Å². The van der Waals surface area contributed by atoms with E-state index in [-0.39, 0.29) is 17.0 Å². The number of hydrogen-bond acceptors (Lipinski definition) is 4. The molecule has 0 spiro atoms. The molecule has 2 aromatic rings. The summed E-state index contributed by atoms with van der Waals surface area (Å²) in [5.74, 6) is 0.248. The lowest BCUT2D eigenvalue weighted by molar-refractivity contribution is 0.0731. The first-order chi connectivity index (χ1) is 11.4. The number of carbonyl (C=O) groups excluding carboxylic acids is 1. The van der Waals surface area contributed by atoms with Crippen LogP contribution in [0.3, 0.4) is 0 Å². The van der Waals surface area contributed by atoms with Crippen LogP contribution in [0.15, 0.2) is 53.7 Å². The Balaban J connectivity index is 1.88. The molecule has 3 rings (SSSR count). The lowest BCUT2D eigenvalue weighted by Crippen LogP contribution is -2.31. The van der Waals surface area contributed by atoms with E-state index in [1.165, 1.54) is 18.3 Å². The maximum Gasteiger partial charge on any atom is 0.255 e. The summed E-state index contributed by atoms with van der Waals surface area (Å²) >= 11 is 0. The van der Waals surface area contributed by atoms with Crippen LogP contribution in [0, 0.1) is 5.92 Å². The van der Waals surface area contributed by atoms with E-state index in [0.29, 0.717) is 18.0 Å². The highest BCUT2D eigenvalue weighted by molar-refractivity contribution is 7.89. The Labute approximate surface area is 141 Å². The van der Waals surface area contributed by atoms with Crippen LogP contribution in [0.25, 0.3) is 0 Å². The van der Waals surface area contributed by atoms with E-state index in [4.69, 9.17) is 5.14 Å². The zero-order valence-electron chi connectivity index (χ0n) is 13.3. The average molecular weight is 345 g/mol. The molecule has 1 saturated heterocycles. The fourth-order valence-corrected chi connectivity index (χ4v) is 3.56. The van der Waals surface area contributed by atoms with Gasteiger partial charge in [-0.1, -0.05) is 37.3 Å². The van der Waals surface area contributed by atoms with Gasteiger partial charge in [-0.15, -0.1) is 0 Å². The number of aromatic nitrogens is 1. The van der Waals surface area contributed by atoms with Gasteiger partial charge in [0.25, 0.3) is 15.9 Å². The van der Waals surface area contributed by atoms with Crippen molar-refractivity contribution in [2.24, 2.45) is 11.1 Å². The number of sulfonamides is 1. The molecular formula is C17H19N3O3S. The van der Waals surface area contributed by atoms with Gasteiger partial charge in [-0.25, -0.2) is 18.5 Å². The summed E-state index contributed by atoms with van der Waals surface area (Å²) in [6, 6.07) is 12.7. The third-order valence-corrected chi connectivity index (χ3v) is 5.05. The summed E-state index contributed by atoms with van der Waals surface area (Å²) in [5.41, 5.74) is 1.46. The van der Waals surface area contributed by atoms with Gasteiger partial charge in [0.05, 0.1) is 11.6 Å². The van der Waals surface area contributed by atoms with E-state index >= 15 is 0 Å². The van der Waals surface area contributed by atoms with Crippen LogP contribution in [0.5, 0.6) is 0 Å². The number of pyridine rings is 1. The molecule has 0 bridgehead atoms. The summed E-state index contributed by atoms with van der Waals surface area (Å²) < 4.78 is 22.5. The minimum atomic E-state index is -3.86. The van der Waals surface area contributed by atoms with Crippen LogP contribution in [0.4, 0.5) is 0 Å². The van der Waals surface area contributed by atoms with Crippen molar-refractivity contribution in [3.63, 3.8) is 0 Å². The Morgan fingerprint density at radius 2 is 1.92 bits per heavy atom. The lowest BCUT2D eigenvalue weighted by Gasteiger charge is -2.25. The van der Waals surface area contributed by atoms with E-state index < -0.39 is 10.0 Å². The second-order valence-corrected chi connectivity index (χ2v) is 7.66. The molecular weight excluding hydrogens is 326 g/mol. The third kappa shape index (κ3) is 3.32. The van der Waals surface area contributed by atoms with Crippen LogP contribution >= 0.6 is 0 Å². The largest absolute Gasteiger partial charge is 0.331 e. The molecule has 126 valence electrons. The Morgan fingerprint density at radius 1 is 1.21 bits per heavy atom. The van der Waals surface area contributed by atoms with Crippen molar-refractivity contribution in [1.29, 1.82) is 0 Å². The van der Waals surface area contributed by atoms with Gasteiger partial charge in [0.2, 0.25) is 0 Å². The number of carbonyl (C=O) groups is 1. The molecule has 6 nitrogen and oxygen atoms in total. The number of likely N-dealkylation sites (tertiary alicyclic amines) is 1. The monoisotopic (exact) mass is 345 g/mol. The molecule has 0 saturated carbocycles. The number of nitrogens with zero attached hydrogens (tertiary/aromatic N) is 2. The summed E-state index contributed by atoms with van der Waals surface area (Å²) in [6.07, 6.45) is 2.17. The summed E-state index contributed by atoms with van der Waals surface area (Å²) in [5, 5.41) is 4.79. The highest BCUT2D eigenvalue weighted by Crippen LogP contribution is 2.36. The zero-order chi connectivity index (χ0) is 17.3. The van der Waals surface area contributed by atoms with Crippen molar-refractivity contribution in [1.82, 2.24) is 9.88 Å². The maximum absolute atomic E-state index is 12.8. The van der Waals surface area contributed by atoms with Gasteiger partial charge in [-0.2, -0.15) is 0 Å². The van der Waals surface area contributed by atoms with Gasteiger partial charge in [0.1, 0.15) is 0 Å². The molecule has 1 aliphatic heterocycles. The van der Waals surface area contributed by atoms with Gasteiger partial charge in [0, 0.05) is 12.7 Å². The number of rotatable bonds is 3. The van der Waals surface area contributed by atoms with E-state index in [9.17, 15) is 13.2 Å². The second-order valence-electron chi connectivity index (χ2n) is 6.15. The van der Waals surface area contributed by atoms with E-state index in [2.05, 4.69) is 11.9 Å². The first-order valence-electron chi connectivity index (χ1n) is 7.71. The van der Waals surface area contributed by atoms with Gasteiger partial charge >= 0.3 is 0 Å². The molecule has 1 aliphatic rings. The van der Waals surface area contributed by atoms with E-state index in [1.807, 2.05) is 35.2 Å². The first-order valence-corrected chi connectivity index (χ1v) is 9.25. The Hall–Kier alpha value is -2.25. The average Bonchev–Trinajstić information content (AvgIpc) is 2.96. The minimum absolute atomic E-state index is 0.0200. The van der Waals surface area contributed by atoms with Crippen LogP contribution in [0.2, 0.25) is 0 Å². The Bertz CT molecular complexity index is 835. The van der Waals surface area contributed by atoms with Gasteiger partial charge < -0.3 is 4.90 Å². The molecule has 2 heterocycles. The Morgan fingerprint density at radius 3 is 2.50 bits per heavy atom. The molecule has 2 N–H and O–H groups in total.